The third-order valence-electron chi connectivity index (χ3n) is 11.0. The van der Waals surface area contributed by atoms with Crippen molar-refractivity contribution in [2.75, 3.05) is 0 Å². The van der Waals surface area contributed by atoms with Gasteiger partial charge in [-0.25, -0.2) is 0 Å². The summed E-state index contributed by atoms with van der Waals surface area (Å²) in [5, 5.41) is 10.3. The van der Waals surface area contributed by atoms with E-state index in [9.17, 15) is 5.11 Å². The standard InChI is InChI=1S/C28H48O/c1-19(2)8-7-9-20(3)23-13-16-28(6)25-11-10-21-18-22(29)12-15-26(21,4)24(25)14-17-27(23,28)5/h14,19-23,25,29H,7-13,15-18H2,1-6H3. The number of fused-ring (bicyclic) bond motifs is 5. The fourth-order valence-electron chi connectivity index (χ4n) is 8.88. The van der Waals surface area contributed by atoms with Gasteiger partial charge in [0.05, 0.1) is 6.10 Å². The molecular weight excluding hydrogens is 352 g/mol. The van der Waals surface area contributed by atoms with Crippen LogP contribution in [0.2, 0.25) is 0 Å². The Morgan fingerprint density at radius 1 is 0.966 bits per heavy atom. The van der Waals surface area contributed by atoms with Crippen LogP contribution in [0.4, 0.5) is 0 Å². The molecule has 0 bridgehead atoms. The van der Waals surface area contributed by atoms with Crippen LogP contribution in [-0.2, 0) is 0 Å². The maximum absolute atomic E-state index is 10.3. The van der Waals surface area contributed by atoms with Crippen LogP contribution in [0.1, 0.15) is 112 Å². The first kappa shape index (κ1) is 21.9. The molecule has 3 fully saturated rings. The van der Waals surface area contributed by atoms with Gasteiger partial charge in [-0.15, -0.1) is 0 Å². The van der Waals surface area contributed by atoms with Crippen molar-refractivity contribution >= 4 is 0 Å². The summed E-state index contributed by atoms with van der Waals surface area (Å²) in [6.45, 7) is 15.2. The minimum Gasteiger partial charge on any atom is -0.393 e. The summed E-state index contributed by atoms with van der Waals surface area (Å²) in [5.74, 6) is 4.12. The van der Waals surface area contributed by atoms with Crippen LogP contribution >= 0.6 is 0 Å². The first-order chi connectivity index (χ1) is 13.6. The highest BCUT2D eigenvalue weighted by molar-refractivity contribution is 5.31. The molecule has 0 aliphatic heterocycles. The van der Waals surface area contributed by atoms with Gasteiger partial charge in [0.1, 0.15) is 0 Å². The Morgan fingerprint density at radius 2 is 1.72 bits per heavy atom. The Hall–Kier alpha value is -0.300. The zero-order valence-corrected chi connectivity index (χ0v) is 20.3. The average molecular weight is 401 g/mol. The van der Waals surface area contributed by atoms with Crippen molar-refractivity contribution in [2.45, 2.75) is 118 Å². The van der Waals surface area contributed by atoms with Crippen molar-refractivity contribution in [3.05, 3.63) is 11.6 Å². The summed E-state index contributed by atoms with van der Waals surface area (Å²) in [4.78, 5) is 0. The van der Waals surface area contributed by atoms with E-state index in [0.29, 0.717) is 22.2 Å². The molecule has 29 heavy (non-hydrogen) atoms. The molecule has 3 saturated carbocycles. The molecule has 4 rings (SSSR count). The van der Waals surface area contributed by atoms with Gasteiger partial charge in [-0.1, -0.05) is 72.5 Å². The van der Waals surface area contributed by atoms with E-state index in [4.69, 9.17) is 0 Å². The molecule has 1 nitrogen and oxygen atoms in total. The average Bonchev–Trinajstić information content (AvgIpc) is 2.93. The Morgan fingerprint density at radius 3 is 2.45 bits per heavy atom. The lowest BCUT2D eigenvalue weighted by molar-refractivity contribution is -0.0560. The van der Waals surface area contributed by atoms with Crippen LogP contribution in [-0.4, -0.2) is 11.2 Å². The summed E-state index contributed by atoms with van der Waals surface area (Å²) in [6.07, 6.45) is 17.1. The van der Waals surface area contributed by atoms with Crippen LogP contribution < -0.4 is 0 Å². The van der Waals surface area contributed by atoms with Crippen molar-refractivity contribution in [2.24, 2.45) is 45.8 Å². The molecule has 0 aromatic heterocycles. The summed E-state index contributed by atoms with van der Waals surface area (Å²) in [5.41, 5.74) is 3.16. The summed E-state index contributed by atoms with van der Waals surface area (Å²) in [7, 11) is 0. The Kier molecular flexibility index (Phi) is 5.81. The molecule has 4 aliphatic rings. The smallest absolute Gasteiger partial charge is 0.0543 e. The predicted octanol–water partition coefficient (Wildman–Crippen LogP) is 7.78. The Balaban J connectivity index is 1.57. The van der Waals surface area contributed by atoms with E-state index in [1.54, 1.807) is 0 Å². The van der Waals surface area contributed by atoms with E-state index in [2.05, 4.69) is 47.6 Å². The van der Waals surface area contributed by atoms with E-state index in [0.717, 1.165) is 36.5 Å². The molecule has 0 amide bonds. The van der Waals surface area contributed by atoms with Gasteiger partial charge in [-0.05, 0) is 97.2 Å². The molecule has 0 heterocycles. The SMILES string of the molecule is CC(C)CCCC(C)C1CCC2(C)C3CCC4CC(O)CCC4(C)C3=CCC12C. The number of hydrogen-bond acceptors (Lipinski definition) is 1. The predicted molar refractivity (Wildman–Crippen MR) is 124 cm³/mol. The zero-order valence-electron chi connectivity index (χ0n) is 20.3. The second-order valence-electron chi connectivity index (χ2n) is 12.8. The molecule has 0 spiro atoms. The maximum atomic E-state index is 10.3. The summed E-state index contributed by atoms with van der Waals surface area (Å²) < 4.78 is 0. The molecule has 1 heteroatoms. The highest BCUT2D eigenvalue weighted by Crippen LogP contribution is 2.71. The third-order valence-corrected chi connectivity index (χ3v) is 11.0. The van der Waals surface area contributed by atoms with Gasteiger partial charge >= 0.3 is 0 Å². The number of hydrogen-bond donors (Lipinski definition) is 1. The quantitative estimate of drug-likeness (QED) is 0.467. The number of aliphatic hydroxyl groups is 1. The second-order valence-corrected chi connectivity index (χ2v) is 12.8. The lowest BCUT2D eigenvalue weighted by Crippen LogP contribution is -2.53. The lowest BCUT2D eigenvalue weighted by atomic mass is 9.44. The summed E-state index contributed by atoms with van der Waals surface area (Å²) >= 11 is 0. The van der Waals surface area contributed by atoms with Gasteiger partial charge in [0.25, 0.3) is 0 Å². The molecule has 0 saturated heterocycles. The van der Waals surface area contributed by atoms with E-state index in [-0.39, 0.29) is 6.10 Å². The van der Waals surface area contributed by atoms with Gasteiger partial charge in [-0.3, -0.25) is 0 Å². The third kappa shape index (κ3) is 3.37. The monoisotopic (exact) mass is 400 g/mol. The molecule has 8 unspecified atom stereocenters. The van der Waals surface area contributed by atoms with Crippen molar-refractivity contribution in [1.82, 2.24) is 0 Å². The van der Waals surface area contributed by atoms with E-state index < -0.39 is 0 Å². The Labute approximate surface area is 181 Å². The minimum absolute atomic E-state index is 0.0442. The van der Waals surface area contributed by atoms with Gasteiger partial charge < -0.3 is 5.11 Å². The molecule has 8 atom stereocenters. The second kappa shape index (κ2) is 7.68. The van der Waals surface area contributed by atoms with Crippen LogP contribution in [0.3, 0.4) is 0 Å². The van der Waals surface area contributed by atoms with E-state index in [1.165, 1.54) is 57.8 Å². The van der Waals surface area contributed by atoms with E-state index in [1.807, 2.05) is 5.57 Å². The first-order valence-corrected chi connectivity index (χ1v) is 13.0. The zero-order chi connectivity index (χ0) is 21.0. The number of allylic oxidation sites excluding steroid dienone is 2. The largest absolute Gasteiger partial charge is 0.393 e. The summed E-state index contributed by atoms with van der Waals surface area (Å²) in [6, 6.07) is 0. The van der Waals surface area contributed by atoms with Crippen LogP contribution in [0, 0.1) is 45.8 Å². The molecule has 4 aliphatic carbocycles. The minimum atomic E-state index is -0.0442. The molecule has 0 aromatic rings. The van der Waals surface area contributed by atoms with Crippen LogP contribution in [0.25, 0.3) is 0 Å². The topological polar surface area (TPSA) is 20.2 Å². The normalized spacial score (nSPS) is 47.9. The van der Waals surface area contributed by atoms with Gasteiger partial charge in [0, 0.05) is 0 Å². The molecular formula is C28H48O. The molecule has 1 N–H and O–H groups in total. The van der Waals surface area contributed by atoms with Crippen LogP contribution in [0.5, 0.6) is 0 Å². The molecule has 166 valence electrons. The van der Waals surface area contributed by atoms with Crippen molar-refractivity contribution in [3.8, 4) is 0 Å². The van der Waals surface area contributed by atoms with E-state index >= 15 is 0 Å². The lowest BCUT2D eigenvalue weighted by Gasteiger charge is -2.61. The molecule has 0 radical (unpaired) electrons. The maximum Gasteiger partial charge on any atom is 0.0543 e. The fraction of sp³-hybridized carbons (Fsp3) is 0.929. The number of rotatable bonds is 5. The Bertz CT molecular complexity index is 634. The van der Waals surface area contributed by atoms with Gasteiger partial charge in [0.2, 0.25) is 0 Å². The highest BCUT2D eigenvalue weighted by atomic mass is 16.3. The highest BCUT2D eigenvalue weighted by Gasteiger charge is 2.63. The van der Waals surface area contributed by atoms with Gasteiger partial charge in [-0.2, -0.15) is 0 Å². The molecule has 0 aromatic carbocycles. The van der Waals surface area contributed by atoms with Crippen molar-refractivity contribution < 1.29 is 5.11 Å². The van der Waals surface area contributed by atoms with Crippen molar-refractivity contribution in [1.29, 1.82) is 0 Å². The van der Waals surface area contributed by atoms with Gasteiger partial charge in [0.15, 0.2) is 0 Å². The van der Waals surface area contributed by atoms with Crippen molar-refractivity contribution in [3.63, 3.8) is 0 Å². The fourth-order valence-corrected chi connectivity index (χ4v) is 8.88. The number of aliphatic hydroxyl groups excluding tert-OH is 1. The first-order valence-electron chi connectivity index (χ1n) is 13.0. The van der Waals surface area contributed by atoms with Crippen LogP contribution in [0.15, 0.2) is 11.6 Å².